The zero-order valence-electron chi connectivity index (χ0n) is 18.1. The molecular weight excluding hydrogens is 400 g/mol. The Morgan fingerprint density at radius 2 is 1.91 bits per heavy atom. The van der Waals surface area contributed by atoms with Crippen LogP contribution in [0, 0.1) is 6.92 Å². The Morgan fingerprint density at radius 1 is 1.12 bits per heavy atom. The number of nitrogens with one attached hydrogen (secondary N) is 1. The summed E-state index contributed by atoms with van der Waals surface area (Å²) in [5.41, 5.74) is 8.29. The largest absolute Gasteiger partial charge is 0.496 e. The van der Waals surface area contributed by atoms with Crippen molar-refractivity contribution in [2.24, 2.45) is 0 Å². The number of hydrogen-bond acceptors (Lipinski definition) is 5. The average Bonchev–Trinajstić information content (AvgIpc) is 3.30. The molecule has 1 N–H and O–H groups in total. The van der Waals surface area contributed by atoms with Crippen molar-refractivity contribution in [2.45, 2.75) is 31.7 Å². The Balaban J connectivity index is 1.48. The van der Waals surface area contributed by atoms with Crippen molar-refractivity contribution in [3.05, 3.63) is 89.5 Å². The van der Waals surface area contributed by atoms with Crippen LogP contribution in [-0.2, 0) is 0 Å². The molecule has 0 saturated heterocycles. The van der Waals surface area contributed by atoms with Crippen LogP contribution >= 0.6 is 0 Å². The average molecular weight is 425 g/mol. The molecule has 2 aromatic heterocycles. The minimum absolute atomic E-state index is 0.0526. The molecule has 1 aliphatic heterocycles. The first-order chi connectivity index (χ1) is 15.7. The zero-order chi connectivity index (χ0) is 21.8. The quantitative estimate of drug-likeness (QED) is 0.436. The molecule has 0 amide bonds. The van der Waals surface area contributed by atoms with Crippen LogP contribution < -0.4 is 9.64 Å². The maximum absolute atomic E-state index is 5.76. The van der Waals surface area contributed by atoms with E-state index < -0.39 is 0 Å². The van der Waals surface area contributed by atoms with Crippen LogP contribution in [0.2, 0.25) is 0 Å². The third kappa shape index (κ3) is 2.87. The smallest absolute Gasteiger partial charge is 0.134 e. The predicted octanol–water partition coefficient (Wildman–Crippen LogP) is 5.84. The molecule has 6 heteroatoms. The van der Waals surface area contributed by atoms with Crippen LogP contribution in [0.3, 0.4) is 0 Å². The zero-order valence-corrected chi connectivity index (χ0v) is 18.1. The Bertz CT molecular complexity index is 1310. The molecule has 1 unspecified atom stereocenters. The summed E-state index contributed by atoms with van der Waals surface area (Å²) >= 11 is 0. The Kier molecular flexibility index (Phi) is 4.21. The van der Waals surface area contributed by atoms with E-state index in [0.29, 0.717) is 5.92 Å². The van der Waals surface area contributed by atoms with Crippen LogP contribution in [-0.4, -0.2) is 22.5 Å². The van der Waals surface area contributed by atoms with Crippen molar-refractivity contribution in [2.75, 3.05) is 12.0 Å². The van der Waals surface area contributed by atoms with Gasteiger partial charge in [-0.25, -0.2) is 0 Å². The van der Waals surface area contributed by atoms with E-state index in [9.17, 15) is 0 Å². The highest BCUT2D eigenvalue weighted by atomic mass is 16.5. The number of ether oxygens (including phenoxy) is 1. The lowest BCUT2D eigenvalue weighted by Crippen LogP contribution is -2.23. The SMILES string of the molecule is C=C1c2n[nH]c(C3CC3)c2C(c2ccccc2OC)N1c1ccc(-c2cc(C)on2)cc1. The number of para-hydroxylation sites is 1. The lowest BCUT2D eigenvalue weighted by molar-refractivity contribution is 0.399. The molecule has 2 aliphatic rings. The number of anilines is 1. The van der Waals surface area contributed by atoms with E-state index in [1.165, 1.54) is 24.1 Å². The van der Waals surface area contributed by atoms with E-state index in [-0.39, 0.29) is 6.04 Å². The minimum atomic E-state index is -0.0526. The third-order valence-corrected chi connectivity index (χ3v) is 6.42. The van der Waals surface area contributed by atoms with Crippen LogP contribution in [0.4, 0.5) is 5.69 Å². The second kappa shape index (κ2) is 7.12. The first-order valence-electron chi connectivity index (χ1n) is 10.9. The molecule has 6 nitrogen and oxygen atoms in total. The standard InChI is InChI=1S/C26H24N4O2/c1-15-14-21(29-32-15)17-10-12-19(13-11-17)30-16(2)24-23(25(28-27-24)18-8-9-18)26(30)20-6-4-5-7-22(20)31-3/h4-7,10-14,18,26H,2,8-9H2,1,3H3,(H,27,28). The number of aromatic nitrogens is 3. The van der Waals surface area contributed by atoms with Gasteiger partial charge < -0.3 is 14.2 Å². The maximum Gasteiger partial charge on any atom is 0.134 e. The number of methoxy groups -OCH3 is 1. The summed E-state index contributed by atoms with van der Waals surface area (Å²) in [6.07, 6.45) is 2.40. The van der Waals surface area contributed by atoms with Gasteiger partial charge in [-0.2, -0.15) is 5.10 Å². The molecule has 32 heavy (non-hydrogen) atoms. The number of H-pyrrole nitrogens is 1. The van der Waals surface area contributed by atoms with Crippen LogP contribution in [0.5, 0.6) is 5.75 Å². The van der Waals surface area contributed by atoms with E-state index in [2.05, 4.69) is 63.2 Å². The Hall–Kier alpha value is -3.80. The molecule has 6 rings (SSSR count). The molecular formula is C26H24N4O2. The summed E-state index contributed by atoms with van der Waals surface area (Å²) in [6.45, 7) is 6.34. The second-order valence-electron chi connectivity index (χ2n) is 8.50. The van der Waals surface area contributed by atoms with Gasteiger partial charge in [-0.05, 0) is 38.0 Å². The first-order valence-corrected chi connectivity index (χ1v) is 10.9. The van der Waals surface area contributed by atoms with Crippen molar-refractivity contribution >= 4 is 11.4 Å². The van der Waals surface area contributed by atoms with Gasteiger partial charge in [-0.1, -0.05) is 42.1 Å². The number of hydrogen-bond donors (Lipinski definition) is 1. The molecule has 1 aliphatic carbocycles. The van der Waals surface area contributed by atoms with E-state index >= 15 is 0 Å². The molecule has 4 aromatic rings. The lowest BCUT2D eigenvalue weighted by atomic mass is 9.96. The van der Waals surface area contributed by atoms with Gasteiger partial charge in [0.1, 0.15) is 22.9 Å². The number of nitrogens with zero attached hydrogens (tertiary/aromatic N) is 3. The van der Waals surface area contributed by atoms with Crippen molar-refractivity contribution in [1.82, 2.24) is 15.4 Å². The number of aryl methyl sites for hydroxylation is 1. The van der Waals surface area contributed by atoms with Crippen molar-refractivity contribution in [3.63, 3.8) is 0 Å². The van der Waals surface area contributed by atoms with E-state index in [4.69, 9.17) is 9.26 Å². The molecule has 0 spiro atoms. The minimum Gasteiger partial charge on any atom is -0.496 e. The van der Waals surface area contributed by atoms with Gasteiger partial charge in [0.2, 0.25) is 0 Å². The summed E-state index contributed by atoms with van der Waals surface area (Å²) in [4.78, 5) is 2.27. The number of benzene rings is 2. The summed E-state index contributed by atoms with van der Waals surface area (Å²) in [7, 11) is 1.72. The normalized spacial score (nSPS) is 17.6. The van der Waals surface area contributed by atoms with Crippen LogP contribution in [0.15, 0.2) is 65.7 Å². The van der Waals surface area contributed by atoms with E-state index in [0.717, 1.165) is 45.4 Å². The van der Waals surface area contributed by atoms with Gasteiger partial charge in [-0.15, -0.1) is 0 Å². The molecule has 1 fully saturated rings. The van der Waals surface area contributed by atoms with E-state index in [1.54, 1.807) is 7.11 Å². The first kappa shape index (κ1) is 18.9. The fourth-order valence-corrected chi connectivity index (χ4v) is 4.73. The topological polar surface area (TPSA) is 67.2 Å². The fourth-order valence-electron chi connectivity index (χ4n) is 4.73. The summed E-state index contributed by atoms with van der Waals surface area (Å²) in [5.74, 6) is 2.21. The van der Waals surface area contributed by atoms with Gasteiger partial charge in [0.15, 0.2) is 0 Å². The molecule has 1 saturated carbocycles. The van der Waals surface area contributed by atoms with Crippen LogP contribution in [0.25, 0.3) is 17.0 Å². The monoisotopic (exact) mass is 424 g/mol. The predicted molar refractivity (Wildman–Crippen MR) is 124 cm³/mol. The van der Waals surface area contributed by atoms with Gasteiger partial charge in [0.25, 0.3) is 0 Å². The fraction of sp³-hybridized carbons (Fsp3) is 0.231. The van der Waals surface area contributed by atoms with Crippen molar-refractivity contribution in [1.29, 1.82) is 0 Å². The molecule has 0 radical (unpaired) electrons. The molecule has 1 atom stereocenters. The number of rotatable bonds is 5. The Labute approximate surface area is 186 Å². The molecule has 0 bridgehead atoms. The van der Waals surface area contributed by atoms with Gasteiger partial charge in [-0.3, -0.25) is 5.10 Å². The van der Waals surface area contributed by atoms with Crippen molar-refractivity contribution in [3.8, 4) is 17.0 Å². The highest BCUT2D eigenvalue weighted by Gasteiger charge is 2.43. The maximum atomic E-state index is 5.76. The highest BCUT2D eigenvalue weighted by molar-refractivity contribution is 5.87. The molecule has 3 heterocycles. The van der Waals surface area contributed by atoms with E-state index in [1.807, 2.05) is 25.1 Å². The third-order valence-electron chi connectivity index (χ3n) is 6.42. The van der Waals surface area contributed by atoms with Gasteiger partial charge in [0.05, 0.1) is 18.8 Å². The van der Waals surface area contributed by atoms with Crippen molar-refractivity contribution < 1.29 is 9.26 Å². The lowest BCUT2D eigenvalue weighted by Gasteiger charge is -2.30. The number of aromatic amines is 1. The Morgan fingerprint density at radius 3 is 2.59 bits per heavy atom. The second-order valence-corrected chi connectivity index (χ2v) is 8.50. The summed E-state index contributed by atoms with van der Waals surface area (Å²) in [6, 6.07) is 18.5. The summed E-state index contributed by atoms with van der Waals surface area (Å²) in [5, 5.41) is 12.1. The molecule has 160 valence electrons. The summed E-state index contributed by atoms with van der Waals surface area (Å²) < 4.78 is 11.0. The highest BCUT2D eigenvalue weighted by Crippen LogP contribution is 2.53. The van der Waals surface area contributed by atoms with Gasteiger partial charge in [0, 0.05) is 40.1 Å². The van der Waals surface area contributed by atoms with Crippen LogP contribution in [0.1, 0.15) is 53.1 Å². The molecule has 2 aromatic carbocycles. The number of fused-ring (bicyclic) bond motifs is 1. The van der Waals surface area contributed by atoms with Gasteiger partial charge >= 0.3 is 0 Å².